The molecule has 0 spiro atoms. The average Bonchev–Trinajstić information content (AvgIpc) is 2.65. The fourth-order valence-corrected chi connectivity index (χ4v) is 2.60. The number of hydrogen-bond acceptors (Lipinski definition) is 4. The van der Waals surface area contributed by atoms with E-state index in [0.717, 1.165) is 17.7 Å². The summed E-state index contributed by atoms with van der Waals surface area (Å²) in [7, 11) is 1.57. The summed E-state index contributed by atoms with van der Waals surface area (Å²) in [6.07, 6.45) is 0.942. The van der Waals surface area contributed by atoms with Crippen LogP contribution in [0.4, 0.5) is 0 Å². The third-order valence-corrected chi connectivity index (χ3v) is 3.87. The maximum atomic E-state index is 11.6. The van der Waals surface area contributed by atoms with Gasteiger partial charge in [-0.25, -0.2) is 9.78 Å². The second kappa shape index (κ2) is 7.21. The number of rotatable bonds is 6. The molecule has 3 aromatic rings. The van der Waals surface area contributed by atoms with Gasteiger partial charge in [0.15, 0.2) is 0 Å². The molecule has 0 fully saturated rings. The van der Waals surface area contributed by atoms with E-state index in [-0.39, 0.29) is 5.56 Å². The molecule has 128 valence electrons. The lowest BCUT2D eigenvalue weighted by Gasteiger charge is -2.09. The monoisotopic (exact) mass is 337 g/mol. The van der Waals surface area contributed by atoms with Gasteiger partial charge in [0.05, 0.1) is 30.5 Å². The number of aromatic carboxylic acids is 1. The van der Waals surface area contributed by atoms with Crippen LogP contribution in [-0.4, -0.2) is 29.8 Å². The Kier molecular flexibility index (Phi) is 4.84. The van der Waals surface area contributed by atoms with Crippen LogP contribution in [0.15, 0.2) is 48.5 Å². The zero-order valence-electron chi connectivity index (χ0n) is 14.2. The first-order valence-corrected chi connectivity index (χ1v) is 8.07. The van der Waals surface area contributed by atoms with Crippen molar-refractivity contribution >= 4 is 16.9 Å². The molecular formula is C20H19NO4. The Labute approximate surface area is 145 Å². The first-order chi connectivity index (χ1) is 12.1. The summed E-state index contributed by atoms with van der Waals surface area (Å²) in [5, 5.41) is 10.1. The fourth-order valence-electron chi connectivity index (χ4n) is 2.60. The smallest absolute Gasteiger partial charge is 0.336 e. The predicted molar refractivity (Wildman–Crippen MR) is 96.5 cm³/mol. The fraction of sp³-hybridized carbons (Fsp3) is 0.200. The highest BCUT2D eigenvalue weighted by molar-refractivity contribution is 6.04. The van der Waals surface area contributed by atoms with Crippen LogP contribution in [0.1, 0.15) is 23.7 Å². The predicted octanol–water partition coefficient (Wildman–Crippen LogP) is 4.40. The molecule has 0 aliphatic carbocycles. The van der Waals surface area contributed by atoms with Crippen LogP contribution in [0.5, 0.6) is 11.5 Å². The van der Waals surface area contributed by atoms with Crippen LogP contribution >= 0.6 is 0 Å². The number of nitrogens with zero attached hydrogens (tertiary/aromatic N) is 1. The Hall–Kier alpha value is -3.08. The normalized spacial score (nSPS) is 10.6. The number of carbonyl (C=O) groups is 1. The molecule has 1 aromatic heterocycles. The SMILES string of the molecule is CCCOc1ccc(-c2cc(C(=O)O)c3ccc(OC)cc3n2)cc1. The van der Waals surface area contributed by atoms with Gasteiger partial charge in [0.25, 0.3) is 0 Å². The van der Waals surface area contributed by atoms with E-state index in [4.69, 9.17) is 9.47 Å². The van der Waals surface area contributed by atoms with E-state index in [9.17, 15) is 9.90 Å². The van der Waals surface area contributed by atoms with Crippen LogP contribution in [0.3, 0.4) is 0 Å². The number of aromatic nitrogens is 1. The van der Waals surface area contributed by atoms with Crippen LogP contribution in [0.2, 0.25) is 0 Å². The van der Waals surface area contributed by atoms with Gasteiger partial charge in [-0.15, -0.1) is 0 Å². The molecule has 2 aromatic carbocycles. The molecule has 0 aliphatic rings. The van der Waals surface area contributed by atoms with Crippen molar-refractivity contribution in [1.82, 2.24) is 4.98 Å². The molecule has 5 nitrogen and oxygen atoms in total. The lowest BCUT2D eigenvalue weighted by atomic mass is 10.0. The molecule has 0 saturated carbocycles. The molecule has 1 N–H and O–H groups in total. The van der Waals surface area contributed by atoms with Gasteiger partial charge in [0.2, 0.25) is 0 Å². The maximum Gasteiger partial charge on any atom is 0.336 e. The van der Waals surface area contributed by atoms with Crippen molar-refractivity contribution in [1.29, 1.82) is 0 Å². The molecule has 0 amide bonds. The number of pyridine rings is 1. The summed E-state index contributed by atoms with van der Waals surface area (Å²) in [5.74, 6) is 0.435. The van der Waals surface area contributed by atoms with Crippen molar-refractivity contribution in [3.63, 3.8) is 0 Å². The third kappa shape index (κ3) is 3.55. The zero-order chi connectivity index (χ0) is 17.8. The Morgan fingerprint density at radius 1 is 1.08 bits per heavy atom. The Morgan fingerprint density at radius 3 is 2.44 bits per heavy atom. The zero-order valence-corrected chi connectivity index (χ0v) is 14.2. The lowest BCUT2D eigenvalue weighted by molar-refractivity contribution is 0.0699. The van der Waals surface area contributed by atoms with Crippen molar-refractivity contribution in [3.8, 4) is 22.8 Å². The van der Waals surface area contributed by atoms with Crippen molar-refractivity contribution in [2.75, 3.05) is 13.7 Å². The molecule has 1 heterocycles. The van der Waals surface area contributed by atoms with Crippen LogP contribution in [-0.2, 0) is 0 Å². The summed E-state index contributed by atoms with van der Waals surface area (Å²) >= 11 is 0. The number of carboxylic acids is 1. The van der Waals surface area contributed by atoms with Gasteiger partial charge in [-0.2, -0.15) is 0 Å². The van der Waals surface area contributed by atoms with Crippen LogP contribution in [0.25, 0.3) is 22.2 Å². The number of carboxylic acid groups (broad SMARTS) is 1. The molecule has 3 rings (SSSR count). The van der Waals surface area contributed by atoms with E-state index in [1.54, 1.807) is 31.4 Å². The van der Waals surface area contributed by atoms with Gasteiger partial charge in [-0.1, -0.05) is 6.92 Å². The topological polar surface area (TPSA) is 68.7 Å². The molecule has 0 radical (unpaired) electrons. The summed E-state index contributed by atoms with van der Waals surface area (Å²) in [6, 6.07) is 14.3. The standard InChI is InChI=1S/C20H19NO4/c1-3-10-25-14-6-4-13(5-7-14)18-12-17(20(22)23)16-9-8-15(24-2)11-19(16)21-18/h4-9,11-12H,3,10H2,1-2H3,(H,22,23). The maximum absolute atomic E-state index is 11.6. The first kappa shape index (κ1) is 16.8. The molecular weight excluding hydrogens is 318 g/mol. The second-order valence-corrected chi connectivity index (χ2v) is 5.62. The van der Waals surface area contributed by atoms with Gasteiger partial charge in [0.1, 0.15) is 11.5 Å². The van der Waals surface area contributed by atoms with Crippen molar-refractivity contribution in [3.05, 3.63) is 54.1 Å². The molecule has 0 aliphatic heterocycles. The van der Waals surface area contributed by atoms with E-state index in [1.165, 1.54) is 0 Å². The first-order valence-electron chi connectivity index (χ1n) is 8.07. The Morgan fingerprint density at radius 2 is 1.80 bits per heavy atom. The van der Waals surface area contributed by atoms with E-state index >= 15 is 0 Å². The summed E-state index contributed by atoms with van der Waals surface area (Å²) in [5.41, 5.74) is 2.23. The Balaban J connectivity index is 2.07. The van der Waals surface area contributed by atoms with Gasteiger partial charge in [-0.05, 0) is 48.9 Å². The lowest BCUT2D eigenvalue weighted by Crippen LogP contribution is -2.00. The summed E-state index contributed by atoms with van der Waals surface area (Å²) in [6.45, 7) is 2.71. The highest BCUT2D eigenvalue weighted by Gasteiger charge is 2.13. The van der Waals surface area contributed by atoms with Gasteiger partial charge < -0.3 is 14.6 Å². The van der Waals surface area contributed by atoms with Crippen molar-refractivity contribution < 1.29 is 19.4 Å². The largest absolute Gasteiger partial charge is 0.497 e. The van der Waals surface area contributed by atoms with Gasteiger partial charge in [0, 0.05) is 17.0 Å². The quantitative estimate of drug-likeness (QED) is 0.722. The van der Waals surface area contributed by atoms with Crippen molar-refractivity contribution in [2.24, 2.45) is 0 Å². The van der Waals surface area contributed by atoms with Crippen molar-refractivity contribution in [2.45, 2.75) is 13.3 Å². The number of ether oxygens (including phenoxy) is 2. The van der Waals surface area contributed by atoms with Gasteiger partial charge in [-0.3, -0.25) is 0 Å². The second-order valence-electron chi connectivity index (χ2n) is 5.62. The highest BCUT2D eigenvalue weighted by Crippen LogP contribution is 2.28. The minimum absolute atomic E-state index is 0.217. The van der Waals surface area contributed by atoms with Crippen LogP contribution in [0, 0.1) is 0 Å². The van der Waals surface area contributed by atoms with E-state index in [0.29, 0.717) is 29.0 Å². The molecule has 0 unspecified atom stereocenters. The molecule has 5 heteroatoms. The molecule has 0 bridgehead atoms. The van der Waals surface area contributed by atoms with Gasteiger partial charge >= 0.3 is 5.97 Å². The number of fused-ring (bicyclic) bond motifs is 1. The Bertz CT molecular complexity index is 903. The average molecular weight is 337 g/mol. The summed E-state index contributed by atoms with van der Waals surface area (Å²) < 4.78 is 10.8. The molecule has 0 atom stereocenters. The van der Waals surface area contributed by atoms with Crippen LogP contribution < -0.4 is 9.47 Å². The summed E-state index contributed by atoms with van der Waals surface area (Å²) in [4.78, 5) is 16.3. The van der Waals surface area contributed by atoms with E-state index in [2.05, 4.69) is 11.9 Å². The minimum Gasteiger partial charge on any atom is -0.497 e. The third-order valence-electron chi connectivity index (χ3n) is 3.87. The number of benzene rings is 2. The highest BCUT2D eigenvalue weighted by atomic mass is 16.5. The molecule has 25 heavy (non-hydrogen) atoms. The number of methoxy groups -OCH3 is 1. The number of hydrogen-bond donors (Lipinski definition) is 1. The van der Waals surface area contributed by atoms with E-state index in [1.807, 2.05) is 24.3 Å². The van der Waals surface area contributed by atoms with E-state index < -0.39 is 5.97 Å². The minimum atomic E-state index is -0.985. The molecule has 0 saturated heterocycles.